The summed E-state index contributed by atoms with van der Waals surface area (Å²) in [5.74, 6) is -1.22. The fraction of sp³-hybridized carbons (Fsp3) is 0.150. The zero-order valence-corrected chi connectivity index (χ0v) is 16.7. The summed E-state index contributed by atoms with van der Waals surface area (Å²) in [6.07, 6.45) is -1.67. The van der Waals surface area contributed by atoms with Crippen LogP contribution in [0, 0.1) is 5.82 Å². The Bertz CT molecular complexity index is 1160. The van der Waals surface area contributed by atoms with Gasteiger partial charge in [-0.25, -0.2) is 21.6 Å². The van der Waals surface area contributed by atoms with Gasteiger partial charge in [0.05, 0.1) is 24.1 Å². The molecule has 0 radical (unpaired) electrons. The van der Waals surface area contributed by atoms with Crippen molar-refractivity contribution < 1.29 is 26.3 Å². The second-order valence-corrected chi connectivity index (χ2v) is 7.83. The van der Waals surface area contributed by atoms with Crippen molar-refractivity contribution in [1.82, 2.24) is 9.78 Å². The van der Waals surface area contributed by atoms with Crippen LogP contribution in [0.15, 0.2) is 66.1 Å². The summed E-state index contributed by atoms with van der Waals surface area (Å²) < 4.78 is 75.6. The minimum atomic E-state index is -4.13. The molecular formula is C20H18F3N3O3S. The van der Waals surface area contributed by atoms with Crippen molar-refractivity contribution in [3.8, 4) is 16.9 Å². The van der Waals surface area contributed by atoms with E-state index in [-0.39, 0.29) is 34.1 Å². The third-order valence-electron chi connectivity index (χ3n) is 4.23. The number of nitrogens with one attached hydrogen (secondary N) is 1. The van der Waals surface area contributed by atoms with E-state index in [4.69, 9.17) is 4.74 Å². The van der Waals surface area contributed by atoms with E-state index in [9.17, 15) is 21.6 Å². The van der Waals surface area contributed by atoms with Gasteiger partial charge in [-0.3, -0.25) is 9.40 Å². The largest absolute Gasteiger partial charge is 0.494 e. The van der Waals surface area contributed by atoms with Gasteiger partial charge in [-0.1, -0.05) is 30.3 Å². The Morgan fingerprint density at radius 1 is 1.23 bits per heavy atom. The molecule has 0 aliphatic heterocycles. The molecule has 6 nitrogen and oxygen atoms in total. The Kier molecular flexibility index (Phi) is 6.16. The number of alkyl halides is 2. The monoisotopic (exact) mass is 437 g/mol. The molecule has 158 valence electrons. The number of halogens is 3. The van der Waals surface area contributed by atoms with E-state index >= 15 is 0 Å². The van der Waals surface area contributed by atoms with Crippen LogP contribution in [-0.4, -0.2) is 25.3 Å². The van der Waals surface area contributed by atoms with Gasteiger partial charge in [0.25, 0.3) is 16.4 Å². The van der Waals surface area contributed by atoms with Crippen molar-refractivity contribution in [2.24, 2.45) is 0 Å². The van der Waals surface area contributed by atoms with Crippen LogP contribution in [0.5, 0.6) is 5.75 Å². The summed E-state index contributed by atoms with van der Waals surface area (Å²) in [5.41, 5.74) is -0.775. The second kappa shape index (κ2) is 8.62. The van der Waals surface area contributed by atoms with Crippen LogP contribution in [0.25, 0.3) is 11.1 Å². The SMILES string of the molecule is C=CCn1nc(NS(=O)(=O)c2ccccc2)c(-c2ccc(OC)c(F)c2)c1C(F)F. The number of sulfonamides is 1. The average molecular weight is 437 g/mol. The van der Waals surface area contributed by atoms with Crippen molar-refractivity contribution in [2.75, 3.05) is 11.8 Å². The van der Waals surface area contributed by atoms with Gasteiger partial charge >= 0.3 is 0 Å². The highest BCUT2D eigenvalue weighted by Crippen LogP contribution is 2.39. The summed E-state index contributed by atoms with van der Waals surface area (Å²) in [5, 5.41) is 4.00. The topological polar surface area (TPSA) is 73.2 Å². The molecule has 0 spiro atoms. The van der Waals surface area contributed by atoms with Gasteiger partial charge in [0, 0.05) is 0 Å². The van der Waals surface area contributed by atoms with Crippen LogP contribution < -0.4 is 9.46 Å². The number of anilines is 1. The summed E-state index contributed by atoms with van der Waals surface area (Å²) in [7, 11) is -2.86. The first-order chi connectivity index (χ1) is 14.3. The van der Waals surface area contributed by atoms with Crippen molar-refractivity contribution in [3.05, 3.63) is 72.7 Å². The molecule has 0 bridgehead atoms. The van der Waals surface area contributed by atoms with E-state index in [2.05, 4.69) is 16.4 Å². The third kappa shape index (κ3) is 4.18. The lowest BCUT2D eigenvalue weighted by Crippen LogP contribution is -2.14. The molecule has 10 heteroatoms. The van der Waals surface area contributed by atoms with E-state index in [0.717, 1.165) is 10.7 Å². The maximum atomic E-state index is 14.3. The number of nitrogens with zero attached hydrogens (tertiary/aromatic N) is 2. The first-order valence-electron chi connectivity index (χ1n) is 8.70. The lowest BCUT2D eigenvalue weighted by molar-refractivity contribution is 0.140. The van der Waals surface area contributed by atoms with Crippen LogP contribution in [0.1, 0.15) is 12.1 Å². The lowest BCUT2D eigenvalue weighted by Gasteiger charge is -2.11. The van der Waals surface area contributed by atoms with Crippen LogP contribution in [0.4, 0.5) is 19.0 Å². The fourth-order valence-electron chi connectivity index (χ4n) is 2.92. The van der Waals surface area contributed by atoms with E-state index in [1.165, 1.54) is 49.6 Å². The third-order valence-corrected chi connectivity index (χ3v) is 5.58. The summed E-state index contributed by atoms with van der Waals surface area (Å²) in [6, 6.07) is 11.0. The van der Waals surface area contributed by atoms with Gasteiger partial charge in [-0.05, 0) is 29.8 Å². The minimum Gasteiger partial charge on any atom is -0.494 e. The average Bonchev–Trinajstić information content (AvgIpc) is 3.06. The molecule has 0 aliphatic carbocycles. The van der Waals surface area contributed by atoms with E-state index < -0.39 is 28.0 Å². The molecule has 0 saturated heterocycles. The Morgan fingerprint density at radius 2 is 1.93 bits per heavy atom. The van der Waals surface area contributed by atoms with Crippen LogP contribution >= 0.6 is 0 Å². The molecule has 2 aromatic carbocycles. The maximum absolute atomic E-state index is 14.3. The Morgan fingerprint density at radius 3 is 2.50 bits per heavy atom. The highest BCUT2D eigenvalue weighted by molar-refractivity contribution is 7.92. The van der Waals surface area contributed by atoms with Gasteiger partial charge < -0.3 is 4.74 Å². The number of benzene rings is 2. The quantitative estimate of drug-likeness (QED) is 0.522. The van der Waals surface area contributed by atoms with Crippen molar-refractivity contribution in [1.29, 1.82) is 0 Å². The van der Waals surface area contributed by atoms with Crippen LogP contribution in [0.3, 0.4) is 0 Å². The molecule has 1 aromatic heterocycles. The molecule has 1 heterocycles. The van der Waals surface area contributed by atoms with Gasteiger partial charge in [-0.15, -0.1) is 6.58 Å². The van der Waals surface area contributed by atoms with Gasteiger partial charge in [-0.2, -0.15) is 5.10 Å². The molecule has 3 rings (SSSR count). The highest BCUT2D eigenvalue weighted by Gasteiger charge is 2.28. The van der Waals surface area contributed by atoms with Gasteiger partial charge in [0.15, 0.2) is 17.4 Å². The van der Waals surface area contributed by atoms with Crippen LogP contribution in [0.2, 0.25) is 0 Å². The van der Waals surface area contributed by atoms with Crippen molar-refractivity contribution in [3.63, 3.8) is 0 Å². The highest BCUT2D eigenvalue weighted by atomic mass is 32.2. The van der Waals surface area contributed by atoms with Crippen LogP contribution in [-0.2, 0) is 16.6 Å². The second-order valence-electron chi connectivity index (χ2n) is 6.15. The molecule has 0 aliphatic rings. The zero-order chi connectivity index (χ0) is 21.9. The Balaban J connectivity index is 2.21. The number of rotatable bonds is 8. The number of allylic oxidation sites excluding steroid dienone is 1. The maximum Gasteiger partial charge on any atom is 0.280 e. The molecule has 0 amide bonds. The molecule has 0 fully saturated rings. The number of hydrogen-bond acceptors (Lipinski definition) is 4. The molecule has 3 aromatic rings. The fourth-order valence-corrected chi connectivity index (χ4v) is 3.95. The Hall–Kier alpha value is -3.27. The molecule has 0 saturated carbocycles. The summed E-state index contributed by atoms with van der Waals surface area (Å²) >= 11 is 0. The molecule has 30 heavy (non-hydrogen) atoms. The normalized spacial score (nSPS) is 11.5. The zero-order valence-electron chi connectivity index (χ0n) is 15.8. The van der Waals surface area contributed by atoms with Crippen molar-refractivity contribution in [2.45, 2.75) is 17.9 Å². The van der Waals surface area contributed by atoms with Crippen molar-refractivity contribution >= 4 is 15.8 Å². The molecule has 0 unspecified atom stereocenters. The molecule has 1 N–H and O–H groups in total. The Labute approximate surface area is 171 Å². The first-order valence-corrected chi connectivity index (χ1v) is 10.2. The van der Waals surface area contributed by atoms with Gasteiger partial charge in [0.1, 0.15) is 5.69 Å². The standard InChI is InChI=1S/C20H18F3N3O3S/c1-3-11-26-18(19(22)23)17(13-9-10-16(29-2)15(21)12-13)20(24-26)25-30(27,28)14-7-5-4-6-8-14/h3-10,12,19H,1,11H2,2H3,(H,24,25). The summed E-state index contributed by atoms with van der Waals surface area (Å²) in [4.78, 5) is -0.0753. The van der Waals surface area contributed by atoms with E-state index in [1.54, 1.807) is 6.07 Å². The van der Waals surface area contributed by atoms with E-state index in [1.807, 2.05) is 0 Å². The first kappa shape index (κ1) is 21.4. The number of ether oxygens (including phenoxy) is 1. The number of methoxy groups -OCH3 is 1. The molecular weight excluding hydrogens is 419 g/mol. The predicted molar refractivity (Wildman–Crippen MR) is 107 cm³/mol. The smallest absolute Gasteiger partial charge is 0.280 e. The lowest BCUT2D eigenvalue weighted by atomic mass is 10.0. The van der Waals surface area contributed by atoms with Gasteiger partial charge in [0.2, 0.25) is 0 Å². The number of aromatic nitrogens is 2. The van der Waals surface area contributed by atoms with E-state index in [0.29, 0.717) is 0 Å². The predicted octanol–water partition coefficient (Wildman–Crippen LogP) is 4.62. The minimum absolute atomic E-state index is 0.0182. The molecule has 0 atom stereocenters. The summed E-state index contributed by atoms with van der Waals surface area (Å²) in [6.45, 7) is 3.41. The number of hydrogen-bond donors (Lipinski definition) is 1.